The Bertz CT molecular complexity index is 920. The van der Waals surface area contributed by atoms with E-state index in [2.05, 4.69) is 15.1 Å². The van der Waals surface area contributed by atoms with E-state index >= 15 is 0 Å². The predicted octanol–water partition coefficient (Wildman–Crippen LogP) is 3.80. The van der Waals surface area contributed by atoms with E-state index in [-0.39, 0.29) is 11.8 Å². The largest absolute Gasteiger partial charge is 0.416 e. The van der Waals surface area contributed by atoms with Crippen molar-refractivity contribution in [1.82, 2.24) is 20.0 Å². The first-order valence-electron chi connectivity index (χ1n) is 10.6. The SMILES string of the molecule is COCN1CCCc2[nH]nc(C(=O)N3CCC(c4ccccc4C(F)(F)F)CC3)c2C1. The molecule has 31 heavy (non-hydrogen) atoms. The monoisotopic (exact) mass is 436 g/mol. The van der Waals surface area contributed by atoms with Crippen molar-refractivity contribution in [2.75, 3.05) is 33.5 Å². The number of ether oxygens (including phenoxy) is 1. The van der Waals surface area contributed by atoms with Crippen molar-refractivity contribution in [1.29, 1.82) is 0 Å². The fourth-order valence-electron chi connectivity index (χ4n) is 4.68. The number of hydrogen-bond acceptors (Lipinski definition) is 4. The minimum atomic E-state index is -4.37. The molecule has 2 aliphatic rings. The zero-order valence-corrected chi connectivity index (χ0v) is 17.5. The molecule has 168 valence electrons. The van der Waals surface area contributed by atoms with Crippen LogP contribution in [0.25, 0.3) is 0 Å². The number of hydrogen-bond donors (Lipinski definition) is 1. The third-order valence-corrected chi connectivity index (χ3v) is 6.24. The number of fused-ring (bicyclic) bond motifs is 1. The first kappa shape index (κ1) is 21.8. The number of piperidine rings is 1. The van der Waals surface area contributed by atoms with Gasteiger partial charge in [0.2, 0.25) is 0 Å². The number of nitrogens with one attached hydrogen (secondary N) is 1. The van der Waals surface area contributed by atoms with E-state index in [0.717, 1.165) is 36.7 Å². The van der Waals surface area contributed by atoms with Crippen LogP contribution in [0.4, 0.5) is 13.2 Å². The number of aromatic amines is 1. The number of methoxy groups -OCH3 is 1. The summed E-state index contributed by atoms with van der Waals surface area (Å²) in [6.07, 6.45) is -1.59. The second-order valence-corrected chi connectivity index (χ2v) is 8.25. The molecule has 0 aliphatic carbocycles. The highest BCUT2D eigenvalue weighted by molar-refractivity contribution is 5.94. The summed E-state index contributed by atoms with van der Waals surface area (Å²) < 4.78 is 45.4. The molecule has 0 unspecified atom stereocenters. The van der Waals surface area contributed by atoms with Crippen molar-refractivity contribution in [3.05, 3.63) is 52.3 Å². The average Bonchev–Trinajstić information content (AvgIpc) is 3.04. The number of carbonyl (C=O) groups excluding carboxylic acids is 1. The van der Waals surface area contributed by atoms with Crippen molar-refractivity contribution >= 4 is 5.91 Å². The van der Waals surface area contributed by atoms with E-state index in [4.69, 9.17) is 4.74 Å². The Morgan fingerprint density at radius 1 is 1.23 bits per heavy atom. The molecule has 1 N–H and O–H groups in total. The number of nitrogens with zero attached hydrogens (tertiary/aromatic N) is 3. The molecule has 2 aliphatic heterocycles. The van der Waals surface area contributed by atoms with Gasteiger partial charge in [0, 0.05) is 44.5 Å². The lowest BCUT2D eigenvalue weighted by atomic mass is 9.86. The topological polar surface area (TPSA) is 61.5 Å². The van der Waals surface area contributed by atoms with Crippen molar-refractivity contribution in [3.63, 3.8) is 0 Å². The smallest absolute Gasteiger partial charge is 0.369 e. The molecular formula is C22H27F3N4O2. The van der Waals surface area contributed by atoms with Gasteiger partial charge >= 0.3 is 6.18 Å². The highest BCUT2D eigenvalue weighted by Gasteiger charge is 2.36. The van der Waals surface area contributed by atoms with Crippen LogP contribution in [0.15, 0.2) is 24.3 Å². The third kappa shape index (κ3) is 4.62. The Morgan fingerprint density at radius 2 is 1.97 bits per heavy atom. The maximum atomic E-state index is 13.4. The molecule has 9 heteroatoms. The van der Waals surface area contributed by atoms with Crippen LogP contribution in [0.2, 0.25) is 0 Å². The Morgan fingerprint density at radius 3 is 2.68 bits per heavy atom. The van der Waals surface area contributed by atoms with Gasteiger partial charge in [-0.05, 0) is 43.2 Å². The molecule has 1 aromatic heterocycles. The van der Waals surface area contributed by atoms with E-state index in [9.17, 15) is 18.0 Å². The Hall–Kier alpha value is -2.39. The molecule has 2 aromatic rings. The molecule has 0 spiro atoms. The number of benzene rings is 1. The minimum Gasteiger partial charge on any atom is -0.369 e. The van der Waals surface area contributed by atoms with Crippen LogP contribution in [0.3, 0.4) is 0 Å². The molecule has 0 bridgehead atoms. The Labute approximate surface area is 179 Å². The Kier molecular flexibility index (Phi) is 6.34. The van der Waals surface area contributed by atoms with Gasteiger partial charge < -0.3 is 9.64 Å². The van der Waals surface area contributed by atoms with Gasteiger partial charge in [-0.15, -0.1) is 0 Å². The summed E-state index contributed by atoms with van der Waals surface area (Å²) in [4.78, 5) is 17.0. The number of aromatic nitrogens is 2. The molecular weight excluding hydrogens is 409 g/mol. The zero-order chi connectivity index (χ0) is 22.0. The van der Waals surface area contributed by atoms with E-state index in [1.54, 1.807) is 24.1 Å². The summed E-state index contributed by atoms with van der Waals surface area (Å²) in [6.45, 7) is 2.80. The summed E-state index contributed by atoms with van der Waals surface area (Å²) in [5.41, 5.74) is 2.06. The summed E-state index contributed by atoms with van der Waals surface area (Å²) in [7, 11) is 1.65. The summed E-state index contributed by atoms with van der Waals surface area (Å²) in [5, 5.41) is 7.32. The normalized spacial score (nSPS) is 18.6. The van der Waals surface area contributed by atoms with E-state index < -0.39 is 11.7 Å². The number of aryl methyl sites for hydroxylation is 1. The van der Waals surface area contributed by atoms with Crippen LogP contribution < -0.4 is 0 Å². The van der Waals surface area contributed by atoms with Crippen LogP contribution in [-0.2, 0) is 23.9 Å². The summed E-state index contributed by atoms with van der Waals surface area (Å²) in [6, 6.07) is 5.76. The average molecular weight is 436 g/mol. The molecule has 6 nitrogen and oxygen atoms in total. The number of alkyl halides is 3. The first-order chi connectivity index (χ1) is 14.9. The van der Waals surface area contributed by atoms with Gasteiger partial charge in [-0.25, -0.2) is 0 Å². The first-order valence-corrected chi connectivity index (χ1v) is 10.6. The van der Waals surface area contributed by atoms with E-state index in [0.29, 0.717) is 50.5 Å². The Balaban J connectivity index is 1.46. The number of H-pyrrole nitrogens is 1. The molecule has 1 aromatic carbocycles. The van der Waals surface area contributed by atoms with Gasteiger partial charge in [0.15, 0.2) is 5.69 Å². The molecule has 0 atom stereocenters. The maximum absolute atomic E-state index is 13.4. The molecule has 0 saturated carbocycles. The highest BCUT2D eigenvalue weighted by Crippen LogP contribution is 2.38. The molecule has 1 saturated heterocycles. The third-order valence-electron chi connectivity index (χ3n) is 6.24. The molecule has 4 rings (SSSR count). The fraction of sp³-hybridized carbons (Fsp3) is 0.545. The molecule has 1 fully saturated rings. The van der Waals surface area contributed by atoms with Crippen LogP contribution in [0.5, 0.6) is 0 Å². The standard InChI is InChI=1S/C22H27F3N4O2/c1-31-14-28-10-4-7-19-17(13-28)20(27-26-19)21(30)29-11-8-15(9-12-29)16-5-2-3-6-18(16)22(23,24)25/h2-3,5-6,15H,4,7-14H2,1H3,(H,26,27). The van der Waals surface area contributed by atoms with Crippen molar-refractivity contribution in [2.24, 2.45) is 0 Å². The number of amides is 1. The lowest BCUT2D eigenvalue weighted by Gasteiger charge is -2.33. The summed E-state index contributed by atoms with van der Waals surface area (Å²) >= 11 is 0. The molecule has 0 radical (unpaired) electrons. The second-order valence-electron chi connectivity index (χ2n) is 8.25. The minimum absolute atomic E-state index is 0.153. The molecule has 1 amide bonds. The second kappa shape index (κ2) is 9.00. The quantitative estimate of drug-likeness (QED) is 0.792. The lowest BCUT2D eigenvalue weighted by molar-refractivity contribution is -0.138. The fourth-order valence-corrected chi connectivity index (χ4v) is 4.68. The van der Waals surface area contributed by atoms with Crippen molar-refractivity contribution in [2.45, 2.75) is 44.3 Å². The number of rotatable bonds is 4. The van der Waals surface area contributed by atoms with Gasteiger partial charge in [0.1, 0.15) is 0 Å². The maximum Gasteiger partial charge on any atom is 0.416 e. The van der Waals surface area contributed by atoms with Crippen molar-refractivity contribution < 1.29 is 22.7 Å². The van der Waals surface area contributed by atoms with Crippen LogP contribution in [-0.4, -0.2) is 59.4 Å². The van der Waals surface area contributed by atoms with Gasteiger partial charge in [0.25, 0.3) is 5.91 Å². The van der Waals surface area contributed by atoms with Gasteiger partial charge in [-0.1, -0.05) is 18.2 Å². The highest BCUT2D eigenvalue weighted by atomic mass is 19.4. The van der Waals surface area contributed by atoms with Gasteiger partial charge in [-0.2, -0.15) is 18.3 Å². The van der Waals surface area contributed by atoms with E-state index in [1.165, 1.54) is 6.07 Å². The predicted molar refractivity (Wildman–Crippen MR) is 109 cm³/mol. The van der Waals surface area contributed by atoms with Gasteiger partial charge in [0.05, 0.1) is 12.3 Å². The summed E-state index contributed by atoms with van der Waals surface area (Å²) in [5.74, 6) is -0.366. The number of likely N-dealkylation sites (tertiary alicyclic amines) is 1. The number of carbonyl (C=O) groups is 1. The lowest BCUT2D eigenvalue weighted by Crippen LogP contribution is -2.39. The number of halogens is 3. The molecule has 3 heterocycles. The van der Waals surface area contributed by atoms with Gasteiger partial charge in [-0.3, -0.25) is 14.8 Å². The zero-order valence-electron chi connectivity index (χ0n) is 17.5. The van der Waals surface area contributed by atoms with E-state index in [1.807, 2.05) is 0 Å². The van der Waals surface area contributed by atoms with Crippen LogP contribution >= 0.6 is 0 Å². The van der Waals surface area contributed by atoms with Crippen LogP contribution in [0, 0.1) is 0 Å². The van der Waals surface area contributed by atoms with Crippen LogP contribution in [0.1, 0.15) is 58.1 Å². The van der Waals surface area contributed by atoms with Crippen molar-refractivity contribution in [3.8, 4) is 0 Å².